The standard InChI is InChI=1S/C28H24ClN5O4/c1-4-37-23-14-13-20(29)16-22(23)27-32-31-26(38-27)19-10-8-9-18(15-19)25(35)30-24-17(2)33(3)34(28(24)36)21-11-6-5-7-12-21/h5-16H,4H2,1-3H3,(H,30,35). The lowest BCUT2D eigenvalue weighted by molar-refractivity contribution is 0.102. The number of ether oxygens (including phenoxy) is 1. The molecule has 2 aromatic heterocycles. The van der Waals surface area contributed by atoms with Crippen LogP contribution < -0.4 is 15.6 Å². The molecule has 0 saturated carbocycles. The number of hydrogen-bond acceptors (Lipinski definition) is 6. The van der Waals surface area contributed by atoms with Gasteiger partial charge in [0.1, 0.15) is 11.4 Å². The molecule has 0 bridgehead atoms. The second-order valence-corrected chi connectivity index (χ2v) is 8.89. The molecule has 38 heavy (non-hydrogen) atoms. The van der Waals surface area contributed by atoms with Gasteiger partial charge < -0.3 is 14.5 Å². The van der Waals surface area contributed by atoms with Crippen molar-refractivity contribution in [3.8, 4) is 34.3 Å². The van der Waals surface area contributed by atoms with Gasteiger partial charge in [-0.3, -0.25) is 14.3 Å². The topological polar surface area (TPSA) is 104 Å². The first-order valence-corrected chi connectivity index (χ1v) is 12.3. The smallest absolute Gasteiger partial charge is 0.295 e. The van der Waals surface area contributed by atoms with Crippen LogP contribution in [0.25, 0.3) is 28.6 Å². The SMILES string of the molecule is CCOc1ccc(Cl)cc1-c1nnc(-c2cccc(C(=O)Nc3c(C)n(C)n(-c4ccccc4)c3=O)c2)o1. The Morgan fingerprint density at radius 3 is 2.55 bits per heavy atom. The number of rotatable bonds is 7. The van der Waals surface area contributed by atoms with Crippen molar-refractivity contribution in [3.63, 3.8) is 0 Å². The fourth-order valence-corrected chi connectivity index (χ4v) is 4.26. The molecule has 9 nitrogen and oxygen atoms in total. The molecule has 10 heteroatoms. The highest BCUT2D eigenvalue weighted by Gasteiger charge is 2.20. The van der Waals surface area contributed by atoms with E-state index in [9.17, 15) is 9.59 Å². The van der Waals surface area contributed by atoms with E-state index in [2.05, 4.69) is 15.5 Å². The quantitative estimate of drug-likeness (QED) is 0.298. The van der Waals surface area contributed by atoms with Crippen LogP contribution in [-0.4, -0.2) is 32.1 Å². The van der Waals surface area contributed by atoms with E-state index in [0.717, 1.165) is 0 Å². The van der Waals surface area contributed by atoms with E-state index in [4.69, 9.17) is 20.8 Å². The monoisotopic (exact) mass is 529 g/mol. The number of carbonyl (C=O) groups is 1. The highest BCUT2D eigenvalue weighted by atomic mass is 35.5. The number of anilines is 1. The Morgan fingerprint density at radius 2 is 1.79 bits per heavy atom. The van der Waals surface area contributed by atoms with E-state index in [1.807, 2.05) is 37.3 Å². The van der Waals surface area contributed by atoms with Crippen LogP contribution in [0.15, 0.2) is 82.0 Å². The Labute approximate surface area is 223 Å². The van der Waals surface area contributed by atoms with Crippen LogP contribution >= 0.6 is 11.6 Å². The van der Waals surface area contributed by atoms with Gasteiger partial charge in [0, 0.05) is 23.2 Å². The zero-order valence-electron chi connectivity index (χ0n) is 20.9. The molecule has 0 aliphatic rings. The third-order valence-electron chi connectivity index (χ3n) is 6.06. The molecule has 0 aliphatic carbocycles. The number of halogens is 1. The molecule has 0 atom stereocenters. The van der Waals surface area contributed by atoms with Crippen LogP contribution in [0.2, 0.25) is 5.02 Å². The summed E-state index contributed by atoms with van der Waals surface area (Å²) in [5.74, 6) is 0.590. The zero-order valence-corrected chi connectivity index (χ0v) is 21.7. The van der Waals surface area contributed by atoms with Crippen molar-refractivity contribution in [3.05, 3.63) is 99.4 Å². The number of nitrogens with one attached hydrogen (secondary N) is 1. The average Bonchev–Trinajstić information content (AvgIpc) is 3.50. The summed E-state index contributed by atoms with van der Waals surface area (Å²) in [4.78, 5) is 26.3. The van der Waals surface area contributed by atoms with E-state index in [1.165, 1.54) is 4.68 Å². The van der Waals surface area contributed by atoms with Crippen LogP contribution in [0, 0.1) is 6.92 Å². The van der Waals surface area contributed by atoms with Gasteiger partial charge in [-0.2, -0.15) is 0 Å². The van der Waals surface area contributed by atoms with E-state index in [0.29, 0.717) is 45.5 Å². The Hall–Kier alpha value is -4.63. The number of para-hydroxylation sites is 1. The third-order valence-corrected chi connectivity index (χ3v) is 6.30. The average molecular weight is 530 g/mol. The van der Waals surface area contributed by atoms with Crippen LogP contribution in [-0.2, 0) is 7.05 Å². The highest BCUT2D eigenvalue weighted by Crippen LogP contribution is 2.33. The molecule has 1 N–H and O–H groups in total. The Balaban J connectivity index is 1.43. The lowest BCUT2D eigenvalue weighted by Gasteiger charge is -2.07. The summed E-state index contributed by atoms with van der Waals surface area (Å²) >= 11 is 6.17. The van der Waals surface area contributed by atoms with Gasteiger partial charge >= 0.3 is 0 Å². The second kappa shape index (κ2) is 10.4. The minimum Gasteiger partial charge on any atom is -0.493 e. The van der Waals surface area contributed by atoms with Crippen molar-refractivity contribution >= 4 is 23.2 Å². The van der Waals surface area contributed by atoms with Crippen LogP contribution in [0.4, 0.5) is 5.69 Å². The number of aromatic nitrogens is 4. The minimum atomic E-state index is -0.439. The molecule has 1 amide bonds. The van der Waals surface area contributed by atoms with Crippen molar-refractivity contribution in [2.75, 3.05) is 11.9 Å². The number of carbonyl (C=O) groups excluding carboxylic acids is 1. The van der Waals surface area contributed by atoms with Gasteiger partial charge in [-0.1, -0.05) is 35.9 Å². The molecule has 5 aromatic rings. The molecule has 0 radical (unpaired) electrons. The van der Waals surface area contributed by atoms with E-state index in [1.54, 1.807) is 61.1 Å². The first-order chi connectivity index (χ1) is 18.4. The van der Waals surface area contributed by atoms with Crippen molar-refractivity contribution < 1.29 is 13.9 Å². The summed E-state index contributed by atoms with van der Waals surface area (Å²) in [6.45, 7) is 4.12. The van der Waals surface area contributed by atoms with Gasteiger partial charge in [0.2, 0.25) is 5.89 Å². The van der Waals surface area contributed by atoms with E-state index in [-0.39, 0.29) is 23.0 Å². The third kappa shape index (κ3) is 4.71. The van der Waals surface area contributed by atoms with Crippen LogP contribution in [0.3, 0.4) is 0 Å². The minimum absolute atomic E-state index is 0.205. The normalized spacial score (nSPS) is 10.9. The molecule has 3 aromatic carbocycles. The summed E-state index contributed by atoms with van der Waals surface area (Å²) in [7, 11) is 1.77. The first kappa shape index (κ1) is 25.0. The maximum absolute atomic E-state index is 13.2. The van der Waals surface area contributed by atoms with Crippen molar-refractivity contribution in [2.45, 2.75) is 13.8 Å². The van der Waals surface area contributed by atoms with Gasteiger partial charge in [-0.05, 0) is 62.4 Å². The summed E-state index contributed by atoms with van der Waals surface area (Å²) in [6.07, 6.45) is 0. The van der Waals surface area contributed by atoms with E-state index >= 15 is 0 Å². The van der Waals surface area contributed by atoms with Gasteiger partial charge in [0.15, 0.2) is 0 Å². The lowest BCUT2D eigenvalue weighted by atomic mass is 10.1. The molecule has 192 valence electrons. The number of nitrogens with zero attached hydrogens (tertiary/aromatic N) is 4. The lowest BCUT2D eigenvalue weighted by Crippen LogP contribution is -2.23. The molecule has 0 unspecified atom stereocenters. The fraction of sp³-hybridized carbons (Fsp3) is 0.143. The predicted molar refractivity (Wildman–Crippen MR) is 145 cm³/mol. The van der Waals surface area contributed by atoms with Crippen molar-refractivity contribution in [2.24, 2.45) is 7.05 Å². The zero-order chi connectivity index (χ0) is 26.8. The van der Waals surface area contributed by atoms with Gasteiger partial charge in [-0.25, -0.2) is 4.68 Å². The number of amides is 1. The maximum Gasteiger partial charge on any atom is 0.295 e. The highest BCUT2D eigenvalue weighted by molar-refractivity contribution is 6.30. The van der Waals surface area contributed by atoms with Gasteiger partial charge in [0.25, 0.3) is 17.4 Å². The molecule has 5 rings (SSSR count). The summed E-state index contributed by atoms with van der Waals surface area (Å²) < 4.78 is 14.8. The number of benzene rings is 3. The van der Waals surface area contributed by atoms with Crippen LogP contribution in [0.5, 0.6) is 5.75 Å². The Kier molecular flexibility index (Phi) is 6.85. The molecule has 0 saturated heterocycles. The van der Waals surface area contributed by atoms with Crippen LogP contribution in [0.1, 0.15) is 23.0 Å². The first-order valence-electron chi connectivity index (χ1n) is 11.9. The molecule has 0 aliphatic heterocycles. The number of hydrogen-bond donors (Lipinski definition) is 1. The Morgan fingerprint density at radius 1 is 1.03 bits per heavy atom. The maximum atomic E-state index is 13.2. The predicted octanol–water partition coefficient (Wildman–Crippen LogP) is 5.51. The van der Waals surface area contributed by atoms with Gasteiger partial charge in [-0.15, -0.1) is 10.2 Å². The molecule has 2 heterocycles. The van der Waals surface area contributed by atoms with Crippen molar-refractivity contribution in [1.82, 2.24) is 19.6 Å². The summed E-state index contributed by atoms with van der Waals surface area (Å²) in [6, 6.07) is 21.1. The summed E-state index contributed by atoms with van der Waals surface area (Å²) in [5.41, 5.74) is 2.64. The fourth-order valence-electron chi connectivity index (χ4n) is 4.09. The van der Waals surface area contributed by atoms with Crippen molar-refractivity contribution in [1.29, 1.82) is 0 Å². The molecule has 0 spiro atoms. The molecular weight excluding hydrogens is 506 g/mol. The largest absolute Gasteiger partial charge is 0.493 e. The molecular formula is C28H24ClN5O4. The second-order valence-electron chi connectivity index (χ2n) is 8.46. The van der Waals surface area contributed by atoms with Gasteiger partial charge in [0.05, 0.1) is 23.6 Å². The van der Waals surface area contributed by atoms with E-state index < -0.39 is 5.91 Å². The Bertz CT molecular complexity index is 1690. The summed E-state index contributed by atoms with van der Waals surface area (Å²) in [5, 5.41) is 11.6. The molecule has 0 fully saturated rings.